The van der Waals surface area contributed by atoms with Gasteiger partial charge in [0, 0.05) is 33.9 Å². The molecule has 0 fully saturated rings. The second kappa shape index (κ2) is 10.2. The van der Waals surface area contributed by atoms with E-state index in [-0.39, 0.29) is 11.7 Å². The predicted molar refractivity (Wildman–Crippen MR) is 158 cm³/mol. The summed E-state index contributed by atoms with van der Waals surface area (Å²) >= 11 is 1.48. The molecule has 6 rings (SSSR count). The number of thiophene rings is 1. The molecule has 1 unspecified atom stereocenters. The lowest BCUT2D eigenvalue weighted by atomic mass is 10.1. The number of nitrogens with one attached hydrogen (secondary N) is 2. The summed E-state index contributed by atoms with van der Waals surface area (Å²) in [6.07, 6.45) is 1.84. The van der Waals surface area contributed by atoms with Crippen molar-refractivity contribution in [3.63, 3.8) is 0 Å². The van der Waals surface area contributed by atoms with Crippen molar-refractivity contribution in [2.45, 2.75) is 6.54 Å². The van der Waals surface area contributed by atoms with Crippen molar-refractivity contribution in [2.24, 2.45) is 0 Å². The van der Waals surface area contributed by atoms with E-state index in [1.807, 2.05) is 79.0 Å². The molecule has 7 nitrogen and oxygen atoms in total. The van der Waals surface area contributed by atoms with Gasteiger partial charge in [0.05, 0.1) is 16.8 Å². The van der Waals surface area contributed by atoms with Crippen LogP contribution in [0.2, 0.25) is 0 Å². The number of hydrogen-bond donors (Lipinski definition) is 3. The van der Waals surface area contributed by atoms with Crippen LogP contribution in [-0.4, -0.2) is 32.3 Å². The Morgan fingerprint density at radius 1 is 1.03 bits per heavy atom. The Kier molecular flexibility index (Phi) is 6.50. The van der Waals surface area contributed by atoms with Crippen molar-refractivity contribution in [3.05, 3.63) is 102 Å². The Hall–Kier alpha value is -4.26. The van der Waals surface area contributed by atoms with Gasteiger partial charge in [0.2, 0.25) is 0 Å². The van der Waals surface area contributed by atoms with Gasteiger partial charge in [-0.1, -0.05) is 51.0 Å². The molecule has 3 heterocycles. The van der Waals surface area contributed by atoms with Crippen LogP contribution >= 0.6 is 19.9 Å². The summed E-state index contributed by atoms with van der Waals surface area (Å²) in [5, 5.41) is 23.6. The number of phenols is 1. The molecule has 0 saturated heterocycles. The highest BCUT2D eigenvalue weighted by molar-refractivity contribution is 7.46. The number of benzene rings is 3. The van der Waals surface area contributed by atoms with Crippen molar-refractivity contribution in [1.29, 1.82) is 0 Å². The fourth-order valence-electron chi connectivity index (χ4n) is 4.33. The zero-order valence-electron chi connectivity index (χ0n) is 20.5. The Balaban J connectivity index is 1.25. The van der Waals surface area contributed by atoms with Crippen LogP contribution in [0.3, 0.4) is 0 Å². The van der Waals surface area contributed by atoms with Gasteiger partial charge in [-0.3, -0.25) is 4.79 Å². The van der Waals surface area contributed by atoms with Gasteiger partial charge >= 0.3 is 0 Å². The maximum Gasteiger partial charge on any atom is 0.265 e. The molecule has 0 aliphatic carbocycles. The summed E-state index contributed by atoms with van der Waals surface area (Å²) in [6, 6.07) is 26.8. The molecule has 1 atom stereocenters. The standard InChI is InChI=1S/C29H24N5O2PS/c1-37-24-17-31-34-27(15-22(33-28(24)34)21-10-3-4-11-23(21)35)30-16-18-7-6-9-20(13-18)32-29(36)26-14-19-8-2-5-12-25(19)38-26/h2-15,17,30,35,37H,16H2,1H3,(H,32,36). The van der Waals surface area contributed by atoms with Crippen molar-refractivity contribution >= 4 is 58.4 Å². The molecule has 3 aromatic heterocycles. The van der Waals surface area contributed by atoms with Gasteiger partial charge in [-0.25, -0.2) is 4.98 Å². The number of hydrogen-bond acceptors (Lipinski definition) is 6. The number of anilines is 2. The number of para-hydroxylation sites is 1. The van der Waals surface area contributed by atoms with E-state index in [0.717, 1.165) is 38.1 Å². The van der Waals surface area contributed by atoms with Crippen molar-refractivity contribution < 1.29 is 9.90 Å². The first-order chi connectivity index (χ1) is 18.6. The Labute approximate surface area is 225 Å². The number of rotatable bonds is 7. The molecule has 0 spiro atoms. The molecule has 9 heteroatoms. The number of carbonyl (C=O) groups is 1. The van der Waals surface area contributed by atoms with Crippen LogP contribution < -0.4 is 15.9 Å². The van der Waals surface area contributed by atoms with Gasteiger partial charge in [0.1, 0.15) is 11.6 Å². The molecule has 0 aliphatic rings. The van der Waals surface area contributed by atoms with E-state index in [1.165, 1.54) is 11.3 Å². The quantitative estimate of drug-likeness (QED) is 0.214. The summed E-state index contributed by atoms with van der Waals surface area (Å²) in [4.78, 5) is 18.4. The lowest BCUT2D eigenvalue weighted by Gasteiger charge is -2.13. The summed E-state index contributed by atoms with van der Waals surface area (Å²) < 4.78 is 2.88. The minimum atomic E-state index is -0.121. The average Bonchev–Trinajstić information content (AvgIpc) is 3.56. The maximum atomic E-state index is 12.9. The number of nitrogens with zero attached hydrogens (tertiary/aromatic N) is 3. The van der Waals surface area contributed by atoms with Crippen LogP contribution in [0.5, 0.6) is 5.75 Å². The van der Waals surface area contributed by atoms with Crippen molar-refractivity contribution in [1.82, 2.24) is 14.6 Å². The molecule has 6 aromatic rings. The third-order valence-electron chi connectivity index (χ3n) is 6.23. The number of phenolic OH excluding ortho intramolecular Hbond substituents is 1. The Morgan fingerprint density at radius 2 is 1.87 bits per heavy atom. The maximum absolute atomic E-state index is 12.9. The first-order valence-corrected chi connectivity index (χ1v) is 14.4. The highest BCUT2D eigenvalue weighted by atomic mass is 32.1. The van der Waals surface area contributed by atoms with Crippen LogP contribution in [0.15, 0.2) is 91.1 Å². The van der Waals surface area contributed by atoms with E-state index in [9.17, 15) is 9.90 Å². The SMILES string of the molecule is CPc1cnn2c(NCc3cccc(NC(=O)c4cc5ccccc5s4)c3)cc(-c3ccccc3O)nc12. The normalized spacial score (nSPS) is 11.5. The van der Waals surface area contributed by atoms with Crippen LogP contribution in [0.1, 0.15) is 15.2 Å². The number of carbonyl (C=O) groups excluding carboxylic acids is 1. The Bertz CT molecular complexity index is 1760. The van der Waals surface area contributed by atoms with E-state index in [4.69, 9.17) is 4.98 Å². The fourth-order valence-corrected chi connectivity index (χ4v) is 5.86. The fraction of sp³-hybridized carbons (Fsp3) is 0.0690. The summed E-state index contributed by atoms with van der Waals surface area (Å²) in [7, 11) is 0.535. The van der Waals surface area contributed by atoms with E-state index >= 15 is 0 Å². The van der Waals surface area contributed by atoms with Gasteiger partial charge in [-0.05, 0) is 54.0 Å². The minimum absolute atomic E-state index is 0.121. The molecule has 0 saturated carbocycles. The van der Waals surface area contributed by atoms with Gasteiger partial charge in [-0.2, -0.15) is 9.61 Å². The third-order valence-corrected chi connectivity index (χ3v) is 8.24. The molecule has 188 valence electrons. The molecule has 0 radical (unpaired) electrons. The highest BCUT2D eigenvalue weighted by Gasteiger charge is 2.15. The molecule has 1 amide bonds. The molecule has 0 aliphatic heterocycles. The van der Waals surface area contributed by atoms with Crippen molar-refractivity contribution in [3.8, 4) is 17.0 Å². The van der Waals surface area contributed by atoms with Crippen molar-refractivity contribution in [2.75, 3.05) is 17.3 Å². The highest BCUT2D eigenvalue weighted by Crippen LogP contribution is 2.30. The number of amides is 1. The summed E-state index contributed by atoms with van der Waals surface area (Å²) in [5.74, 6) is 0.818. The van der Waals surface area contributed by atoms with E-state index < -0.39 is 0 Å². The zero-order valence-corrected chi connectivity index (χ0v) is 22.3. The van der Waals surface area contributed by atoms with Crippen LogP contribution in [0, 0.1) is 0 Å². The average molecular weight is 538 g/mol. The van der Waals surface area contributed by atoms with Crippen LogP contribution in [-0.2, 0) is 6.54 Å². The Morgan fingerprint density at radius 3 is 2.71 bits per heavy atom. The van der Waals surface area contributed by atoms with E-state index in [2.05, 4.69) is 22.4 Å². The van der Waals surface area contributed by atoms with E-state index in [1.54, 1.807) is 16.6 Å². The second-order valence-electron chi connectivity index (χ2n) is 8.74. The first kappa shape index (κ1) is 24.1. The lowest BCUT2D eigenvalue weighted by Crippen LogP contribution is -2.11. The first-order valence-electron chi connectivity index (χ1n) is 12.1. The smallest absolute Gasteiger partial charge is 0.265 e. The number of fused-ring (bicyclic) bond motifs is 2. The molecule has 3 N–H and O–H groups in total. The monoisotopic (exact) mass is 537 g/mol. The van der Waals surface area contributed by atoms with Gasteiger partial charge < -0.3 is 15.7 Å². The molecule has 0 bridgehead atoms. The van der Waals surface area contributed by atoms with Crippen LogP contribution in [0.4, 0.5) is 11.5 Å². The second-order valence-corrected chi connectivity index (χ2v) is 10.9. The summed E-state index contributed by atoms with van der Waals surface area (Å²) in [5.41, 5.74) is 3.82. The molecule has 3 aromatic carbocycles. The largest absolute Gasteiger partial charge is 0.507 e. The van der Waals surface area contributed by atoms with Gasteiger partial charge in [0.15, 0.2) is 5.65 Å². The van der Waals surface area contributed by atoms with Gasteiger partial charge in [0.25, 0.3) is 5.91 Å². The van der Waals surface area contributed by atoms with Gasteiger partial charge in [-0.15, -0.1) is 11.3 Å². The van der Waals surface area contributed by atoms with Crippen LogP contribution in [0.25, 0.3) is 27.0 Å². The molecule has 38 heavy (non-hydrogen) atoms. The number of aromatic nitrogens is 3. The zero-order chi connectivity index (χ0) is 26.1. The third kappa shape index (κ3) is 4.72. The molecular formula is C29H24N5O2PS. The van der Waals surface area contributed by atoms with E-state index in [0.29, 0.717) is 31.3 Å². The lowest BCUT2D eigenvalue weighted by molar-refractivity contribution is 0.103. The number of aromatic hydroxyl groups is 1. The minimum Gasteiger partial charge on any atom is -0.507 e. The predicted octanol–water partition coefficient (Wildman–Crippen LogP) is 6.11. The molecular weight excluding hydrogens is 513 g/mol. The topological polar surface area (TPSA) is 91.5 Å². The summed E-state index contributed by atoms with van der Waals surface area (Å²) in [6.45, 7) is 2.60.